The van der Waals surface area contributed by atoms with Crippen molar-refractivity contribution >= 4 is 17.8 Å². The number of hydrogen-bond acceptors (Lipinski definition) is 5. The number of quaternary nitrogens is 1. The summed E-state index contributed by atoms with van der Waals surface area (Å²) in [6.45, 7) is 10.4. The van der Waals surface area contributed by atoms with Gasteiger partial charge in [-0.3, -0.25) is 19.3 Å². The number of carbonyl (C=O) groups excluding carboxylic acids is 2. The summed E-state index contributed by atoms with van der Waals surface area (Å²) in [5.41, 5.74) is 2.10. The first kappa shape index (κ1) is 31.9. The lowest BCUT2D eigenvalue weighted by Crippen LogP contribution is -2.46. The first-order chi connectivity index (χ1) is 18.9. The molecule has 40 heavy (non-hydrogen) atoms. The van der Waals surface area contributed by atoms with Gasteiger partial charge in [0, 0.05) is 64.4 Å². The van der Waals surface area contributed by atoms with Crippen LogP contribution in [0.4, 0.5) is 0 Å². The fourth-order valence-electron chi connectivity index (χ4n) is 6.17. The lowest BCUT2D eigenvalue weighted by Gasteiger charge is -2.31. The summed E-state index contributed by atoms with van der Waals surface area (Å²) in [6, 6.07) is 5.69. The van der Waals surface area contributed by atoms with Gasteiger partial charge in [0.15, 0.2) is 0 Å². The van der Waals surface area contributed by atoms with Crippen LogP contribution >= 0.6 is 0 Å². The van der Waals surface area contributed by atoms with E-state index in [1.54, 1.807) is 11.8 Å². The Labute approximate surface area is 240 Å². The van der Waals surface area contributed by atoms with E-state index in [-0.39, 0.29) is 30.3 Å². The van der Waals surface area contributed by atoms with E-state index in [4.69, 9.17) is 4.74 Å². The molecule has 1 fully saturated rings. The molecule has 9 nitrogen and oxygen atoms in total. The summed E-state index contributed by atoms with van der Waals surface area (Å²) in [4.78, 5) is 44.5. The molecule has 1 aromatic carbocycles. The van der Waals surface area contributed by atoms with Crippen LogP contribution in [0.25, 0.3) is 0 Å². The average Bonchev–Trinajstić information content (AvgIpc) is 3.49. The quantitative estimate of drug-likeness (QED) is 0.332. The van der Waals surface area contributed by atoms with Crippen molar-refractivity contribution in [3.8, 4) is 5.75 Å². The number of amides is 2. The van der Waals surface area contributed by atoms with Gasteiger partial charge in [0.2, 0.25) is 11.8 Å². The number of nitrogens with zero attached hydrogens (tertiary/aromatic N) is 4. The second-order valence-electron chi connectivity index (χ2n) is 12.4. The van der Waals surface area contributed by atoms with Crippen LogP contribution in [0.3, 0.4) is 0 Å². The van der Waals surface area contributed by atoms with Crippen molar-refractivity contribution in [2.45, 2.75) is 64.8 Å². The maximum absolute atomic E-state index is 13.7. The second-order valence-corrected chi connectivity index (χ2v) is 12.4. The summed E-state index contributed by atoms with van der Waals surface area (Å²) in [5.74, 6) is -0.841. The smallest absolute Gasteiger partial charge is 0.308 e. The first-order valence-electron chi connectivity index (χ1n) is 15.0. The van der Waals surface area contributed by atoms with E-state index in [1.807, 2.05) is 24.0 Å². The molecule has 3 atom stereocenters. The molecule has 0 spiro atoms. The molecule has 2 aliphatic heterocycles. The van der Waals surface area contributed by atoms with Crippen LogP contribution in [-0.2, 0) is 20.8 Å². The molecule has 0 radical (unpaired) electrons. The monoisotopic (exact) mass is 559 g/mol. The predicted molar refractivity (Wildman–Crippen MR) is 156 cm³/mol. The minimum Gasteiger partial charge on any atom is -0.493 e. The molecule has 2 heterocycles. The number of hydrogen-bond donors (Lipinski definition) is 1. The molecule has 0 aliphatic carbocycles. The van der Waals surface area contributed by atoms with Crippen molar-refractivity contribution in [2.75, 3.05) is 73.6 Å². The highest BCUT2D eigenvalue weighted by atomic mass is 16.5. The fraction of sp³-hybridized carbons (Fsp3) is 0.710. The molecular formula is C31H51N4O5+. The predicted octanol–water partition coefficient (Wildman–Crippen LogP) is 3.07. The summed E-state index contributed by atoms with van der Waals surface area (Å²) in [7, 11) is 6.47. The lowest BCUT2D eigenvalue weighted by atomic mass is 9.83. The number of unbranched alkanes of at least 4 members (excludes halogenated alkanes) is 1. The van der Waals surface area contributed by atoms with E-state index in [0.29, 0.717) is 39.2 Å². The van der Waals surface area contributed by atoms with Gasteiger partial charge in [0.05, 0.1) is 46.8 Å². The average molecular weight is 560 g/mol. The van der Waals surface area contributed by atoms with Crippen LogP contribution in [0.2, 0.25) is 0 Å². The van der Waals surface area contributed by atoms with Gasteiger partial charge in [0.25, 0.3) is 0 Å². The minimum atomic E-state index is -0.849. The van der Waals surface area contributed by atoms with E-state index in [2.05, 4.69) is 39.0 Å². The number of fused-ring (bicyclic) bond motifs is 1. The van der Waals surface area contributed by atoms with E-state index in [9.17, 15) is 19.5 Å². The highest BCUT2D eigenvalue weighted by Gasteiger charge is 2.47. The zero-order chi connectivity index (χ0) is 29.4. The Morgan fingerprint density at radius 1 is 1.07 bits per heavy atom. The fourth-order valence-corrected chi connectivity index (χ4v) is 6.17. The number of ether oxygens (including phenoxy) is 1. The molecule has 9 heteroatoms. The van der Waals surface area contributed by atoms with Crippen molar-refractivity contribution in [3.05, 3.63) is 29.3 Å². The summed E-state index contributed by atoms with van der Waals surface area (Å²) < 4.78 is 6.53. The van der Waals surface area contributed by atoms with Gasteiger partial charge in [-0.05, 0) is 37.0 Å². The van der Waals surface area contributed by atoms with Gasteiger partial charge in [-0.15, -0.1) is 0 Å². The number of carboxylic acid groups (broad SMARTS) is 1. The van der Waals surface area contributed by atoms with Gasteiger partial charge in [0.1, 0.15) is 5.75 Å². The van der Waals surface area contributed by atoms with E-state index in [1.165, 1.54) is 0 Å². The lowest BCUT2D eigenvalue weighted by molar-refractivity contribution is -0.870. The maximum atomic E-state index is 13.7. The van der Waals surface area contributed by atoms with Crippen LogP contribution < -0.4 is 4.74 Å². The largest absolute Gasteiger partial charge is 0.493 e. The van der Waals surface area contributed by atoms with E-state index in [0.717, 1.165) is 60.1 Å². The number of aliphatic carboxylic acids is 1. The molecule has 0 saturated carbocycles. The second kappa shape index (κ2) is 14.3. The summed E-state index contributed by atoms with van der Waals surface area (Å²) in [6.07, 6.45) is 4.21. The van der Waals surface area contributed by atoms with Gasteiger partial charge in [-0.2, -0.15) is 0 Å². The third-order valence-corrected chi connectivity index (χ3v) is 8.43. The number of rotatable bonds is 15. The molecule has 0 aromatic heterocycles. The van der Waals surface area contributed by atoms with Gasteiger partial charge in [-0.1, -0.05) is 25.5 Å². The van der Waals surface area contributed by atoms with E-state index >= 15 is 0 Å². The van der Waals surface area contributed by atoms with Gasteiger partial charge in [-0.25, -0.2) is 0 Å². The standard InChI is InChI=1S/C31H50N4O5/c1-7-9-15-33(16-10-18-35(4,5)6)29(37)22-34-21-26(24-11-12-28-25(20-24)14-19-40-28)30(31(38)39)27(34)13-17-32(8-2)23(3)36/h11-12,20,26-27,30H,7-10,13-19,21-22H2,1-6H3/p+1. The molecule has 0 bridgehead atoms. The third kappa shape index (κ3) is 8.43. The van der Waals surface area contributed by atoms with Crippen molar-refractivity contribution < 1.29 is 28.7 Å². The van der Waals surface area contributed by atoms with Crippen LogP contribution in [0.15, 0.2) is 18.2 Å². The van der Waals surface area contributed by atoms with Gasteiger partial charge >= 0.3 is 5.97 Å². The highest BCUT2D eigenvalue weighted by Crippen LogP contribution is 2.41. The summed E-state index contributed by atoms with van der Waals surface area (Å²) >= 11 is 0. The molecule has 1 N–H and O–H groups in total. The molecule has 1 aromatic rings. The number of carboxylic acids is 1. The molecule has 3 rings (SSSR count). The summed E-state index contributed by atoms with van der Waals surface area (Å²) in [5, 5.41) is 10.5. The SMILES string of the molecule is CCCCN(CCC[N+](C)(C)C)C(=O)CN1CC(c2ccc3c(c2)CCO3)C(C(=O)O)C1CCN(CC)C(C)=O. The number of benzene rings is 1. The van der Waals surface area contributed by atoms with Crippen molar-refractivity contribution in [1.29, 1.82) is 0 Å². The molecule has 1 saturated heterocycles. The minimum absolute atomic E-state index is 0.0202. The first-order valence-corrected chi connectivity index (χ1v) is 15.0. The Kier molecular flexibility index (Phi) is 11.4. The third-order valence-electron chi connectivity index (χ3n) is 8.43. The Morgan fingerprint density at radius 2 is 1.80 bits per heavy atom. The van der Waals surface area contributed by atoms with Crippen LogP contribution in [0, 0.1) is 5.92 Å². The van der Waals surface area contributed by atoms with Crippen LogP contribution in [-0.4, -0.2) is 122 Å². The van der Waals surface area contributed by atoms with Crippen molar-refractivity contribution in [2.24, 2.45) is 5.92 Å². The van der Waals surface area contributed by atoms with E-state index < -0.39 is 11.9 Å². The molecule has 224 valence electrons. The zero-order valence-electron chi connectivity index (χ0n) is 25.5. The maximum Gasteiger partial charge on any atom is 0.308 e. The van der Waals surface area contributed by atoms with Crippen LogP contribution in [0.1, 0.15) is 63.5 Å². The number of likely N-dealkylation sites (tertiary alicyclic amines) is 1. The normalized spacial score (nSPS) is 20.7. The topological polar surface area (TPSA) is 90.4 Å². The van der Waals surface area contributed by atoms with Crippen molar-refractivity contribution in [3.63, 3.8) is 0 Å². The molecule has 2 aliphatic rings. The number of carbonyl (C=O) groups is 3. The Morgan fingerprint density at radius 3 is 2.42 bits per heavy atom. The Bertz CT molecular complexity index is 1020. The molecular weight excluding hydrogens is 508 g/mol. The molecule has 2 amide bonds. The Hall–Kier alpha value is -2.65. The highest BCUT2D eigenvalue weighted by molar-refractivity contribution is 5.79. The Balaban J connectivity index is 1.85. The van der Waals surface area contributed by atoms with Gasteiger partial charge < -0.3 is 24.1 Å². The van der Waals surface area contributed by atoms with Crippen LogP contribution in [0.5, 0.6) is 5.75 Å². The van der Waals surface area contributed by atoms with Crippen molar-refractivity contribution in [1.82, 2.24) is 14.7 Å². The zero-order valence-corrected chi connectivity index (χ0v) is 25.5. The molecule has 3 unspecified atom stereocenters.